The minimum Gasteiger partial charge on any atom is -0.493 e. The molecule has 0 bridgehead atoms. The number of carbonyl (C=O) groups excluding carboxylic acids is 1. The van der Waals surface area contributed by atoms with Crippen molar-refractivity contribution >= 4 is 11.6 Å². The number of carbonyl (C=O) groups is 1. The second-order valence-corrected chi connectivity index (χ2v) is 4.49. The predicted octanol–water partition coefficient (Wildman–Crippen LogP) is 2.59. The molecule has 6 nitrogen and oxygen atoms in total. The van der Waals surface area contributed by atoms with Gasteiger partial charge < -0.3 is 19.5 Å². The van der Waals surface area contributed by atoms with Gasteiger partial charge in [-0.15, -0.1) is 0 Å². The molecule has 1 N–H and O–H groups in total. The molecular weight excluding hydrogens is 296 g/mol. The first-order valence-electron chi connectivity index (χ1n) is 6.82. The average molecular weight is 312 g/mol. The number of rotatable bonds is 6. The van der Waals surface area contributed by atoms with Gasteiger partial charge in [0, 0.05) is 0 Å². The summed E-state index contributed by atoms with van der Waals surface area (Å²) in [6, 6.07) is 13.9. The quantitative estimate of drug-likeness (QED) is 0.886. The highest BCUT2D eigenvalue weighted by Gasteiger charge is 2.13. The van der Waals surface area contributed by atoms with Gasteiger partial charge in [-0.05, 0) is 24.3 Å². The van der Waals surface area contributed by atoms with E-state index in [-0.39, 0.29) is 12.5 Å². The lowest BCUT2D eigenvalue weighted by Crippen LogP contribution is -2.20. The van der Waals surface area contributed by atoms with Gasteiger partial charge in [-0.25, -0.2) is 0 Å². The number of anilines is 1. The summed E-state index contributed by atoms with van der Waals surface area (Å²) < 4.78 is 15.9. The third-order valence-electron chi connectivity index (χ3n) is 3.05. The van der Waals surface area contributed by atoms with Crippen LogP contribution in [0.3, 0.4) is 0 Å². The van der Waals surface area contributed by atoms with E-state index >= 15 is 0 Å². The van der Waals surface area contributed by atoms with Gasteiger partial charge in [0.1, 0.15) is 6.07 Å². The lowest BCUT2D eigenvalue weighted by atomic mass is 10.2. The fraction of sp³-hybridized carbons (Fsp3) is 0.176. The van der Waals surface area contributed by atoms with Crippen LogP contribution in [-0.2, 0) is 4.79 Å². The van der Waals surface area contributed by atoms with Crippen molar-refractivity contribution in [1.82, 2.24) is 0 Å². The molecule has 0 aliphatic heterocycles. The largest absolute Gasteiger partial charge is 0.493 e. The topological polar surface area (TPSA) is 80.6 Å². The minimum absolute atomic E-state index is 0.219. The van der Waals surface area contributed by atoms with Crippen molar-refractivity contribution in [1.29, 1.82) is 5.26 Å². The standard InChI is InChI=1S/C17H16N2O4/c1-21-14-8-5-9-15(17(14)22-2)23-11-16(20)19-13-7-4-3-6-12(13)10-18/h3-9H,11H2,1-2H3,(H,19,20). The average Bonchev–Trinajstić information content (AvgIpc) is 2.59. The lowest BCUT2D eigenvalue weighted by Gasteiger charge is -2.13. The molecule has 2 aromatic carbocycles. The zero-order valence-corrected chi connectivity index (χ0v) is 12.8. The van der Waals surface area contributed by atoms with Crippen LogP contribution < -0.4 is 19.5 Å². The molecular formula is C17H16N2O4. The Morgan fingerprint density at radius 2 is 1.83 bits per heavy atom. The summed E-state index contributed by atoms with van der Waals surface area (Å²) in [5, 5.41) is 11.6. The Bertz CT molecular complexity index is 738. The zero-order valence-electron chi connectivity index (χ0n) is 12.8. The second-order valence-electron chi connectivity index (χ2n) is 4.49. The highest BCUT2D eigenvalue weighted by Crippen LogP contribution is 2.36. The third-order valence-corrected chi connectivity index (χ3v) is 3.05. The number of nitrogens with one attached hydrogen (secondary N) is 1. The maximum absolute atomic E-state index is 12.0. The molecule has 0 aromatic heterocycles. The molecule has 2 aromatic rings. The van der Waals surface area contributed by atoms with Crippen LogP contribution in [0.1, 0.15) is 5.56 Å². The minimum atomic E-state index is -0.377. The molecule has 0 fully saturated rings. The molecule has 0 saturated heterocycles. The molecule has 0 aliphatic rings. The van der Waals surface area contributed by atoms with Gasteiger partial charge in [-0.2, -0.15) is 5.26 Å². The van der Waals surface area contributed by atoms with Crippen molar-refractivity contribution in [3.63, 3.8) is 0 Å². The van der Waals surface area contributed by atoms with Crippen LogP contribution >= 0.6 is 0 Å². The Hall–Kier alpha value is -3.20. The Morgan fingerprint density at radius 1 is 1.09 bits per heavy atom. The van der Waals surface area contributed by atoms with E-state index in [0.717, 1.165) is 0 Å². The molecule has 0 spiro atoms. The number of nitrogens with zero attached hydrogens (tertiary/aromatic N) is 1. The molecule has 2 rings (SSSR count). The molecule has 0 heterocycles. The highest BCUT2D eigenvalue weighted by atomic mass is 16.5. The highest BCUT2D eigenvalue weighted by molar-refractivity contribution is 5.93. The van der Waals surface area contributed by atoms with E-state index in [9.17, 15) is 4.79 Å². The number of hydrogen-bond acceptors (Lipinski definition) is 5. The fourth-order valence-corrected chi connectivity index (χ4v) is 1.99. The van der Waals surface area contributed by atoms with Gasteiger partial charge in [0.15, 0.2) is 18.1 Å². The van der Waals surface area contributed by atoms with Gasteiger partial charge in [-0.1, -0.05) is 18.2 Å². The predicted molar refractivity (Wildman–Crippen MR) is 84.8 cm³/mol. The van der Waals surface area contributed by atoms with E-state index in [4.69, 9.17) is 19.5 Å². The molecule has 1 amide bonds. The molecule has 6 heteroatoms. The normalized spacial score (nSPS) is 9.61. The van der Waals surface area contributed by atoms with Crippen LogP contribution in [-0.4, -0.2) is 26.7 Å². The van der Waals surface area contributed by atoms with E-state index in [2.05, 4.69) is 5.32 Å². The summed E-state index contributed by atoms with van der Waals surface area (Å²) in [5.41, 5.74) is 0.834. The molecule has 23 heavy (non-hydrogen) atoms. The lowest BCUT2D eigenvalue weighted by molar-refractivity contribution is -0.118. The Kier molecular flexibility index (Phi) is 5.42. The number of hydrogen-bond donors (Lipinski definition) is 1. The van der Waals surface area contributed by atoms with Crippen molar-refractivity contribution in [2.24, 2.45) is 0 Å². The van der Waals surface area contributed by atoms with E-state index < -0.39 is 0 Å². The van der Waals surface area contributed by atoms with Crippen molar-refractivity contribution in [3.8, 4) is 23.3 Å². The van der Waals surface area contributed by atoms with Gasteiger partial charge in [0.2, 0.25) is 5.75 Å². The van der Waals surface area contributed by atoms with Crippen molar-refractivity contribution in [2.75, 3.05) is 26.1 Å². The number of benzene rings is 2. The number of nitriles is 1. The van der Waals surface area contributed by atoms with Crippen LogP contribution in [0.15, 0.2) is 42.5 Å². The van der Waals surface area contributed by atoms with E-state index in [1.54, 1.807) is 42.5 Å². The molecule has 0 aliphatic carbocycles. The first kappa shape index (κ1) is 16.2. The van der Waals surface area contributed by atoms with Crippen LogP contribution in [0.4, 0.5) is 5.69 Å². The van der Waals surface area contributed by atoms with Crippen LogP contribution in [0.2, 0.25) is 0 Å². The maximum Gasteiger partial charge on any atom is 0.262 e. The van der Waals surface area contributed by atoms with Crippen LogP contribution in [0.5, 0.6) is 17.2 Å². The molecule has 0 atom stereocenters. The SMILES string of the molecule is COc1cccc(OCC(=O)Nc2ccccc2C#N)c1OC. The Balaban J connectivity index is 2.04. The molecule has 0 unspecified atom stereocenters. The molecule has 0 radical (unpaired) electrons. The molecule has 118 valence electrons. The number of amides is 1. The Labute approximate surface area is 134 Å². The fourth-order valence-electron chi connectivity index (χ4n) is 1.99. The summed E-state index contributed by atoms with van der Waals surface area (Å²) in [6.07, 6.45) is 0. The monoisotopic (exact) mass is 312 g/mol. The van der Waals surface area contributed by atoms with Crippen molar-refractivity contribution in [3.05, 3.63) is 48.0 Å². The van der Waals surface area contributed by atoms with Gasteiger partial charge in [-0.3, -0.25) is 4.79 Å². The first-order chi connectivity index (χ1) is 11.2. The number of ether oxygens (including phenoxy) is 3. The van der Waals surface area contributed by atoms with E-state index in [1.807, 2.05) is 6.07 Å². The van der Waals surface area contributed by atoms with E-state index in [1.165, 1.54) is 14.2 Å². The third kappa shape index (κ3) is 3.92. The van der Waals surface area contributed by atoms with E-state index in [0.29, 0.717) is 28.5 Å². The van der Waals surface area contributed by atoms with Gasteiger partial charge >= 0.3 is 0 Å². The van der Waals surface area contributed by atoms with Gasteiger partial charge in [0.25, 0.3) is 5.91 Å². The van der Waals surface area contributed by atoms with Crippen LogP contribution in [0, 0.1) is 11.3 Å². The Morgan fingerprint density at radius 3 is 2.52 bits per heavy atom. The van der Waals surface area contributed by atoms with Crippen molar-refractivity contribution in [2.45, 2.75) is 0 Å². The first-order valence-corrected chi connectivity index (χ1v) is 6.82. The summed E-state index contributed by atoms with van der Waals surface area (Å²) in [4.78, 5) is 12.0. The summed E-state index contributed by atoms with van der Waals surface area (Å²) >= 11 is 0. The summed E-state index contributed by atoms with van der Waals surface area (Å²) in [6.45, 7) is -0.219. The van der Waals surface area contributed by atoms with Crippen molar-refractivity contribution < 1.29 is 19.0 Å². The second kappa shape index (κ2) is 7.71. The maximum atomic E-state index is 12.0. The smallest absolute Gasteiger partial charge is 0.262 e. The van der Waals surface area contributed by atoms with Crippen LogP contribution in [0.25, 0.3) is 0 Å². The number of methoxy groups -OCH3 is 2. The summed E-state index contributed by atoms with van der Waals surface area (Å²) in [5.74, 6) is 0.952. The van der Waals surface area contributed by atoms with Gasteiger partial charge in [0.05, 0.1) is 25.5 Å². The zero-order chi connectivity index (χ0) is 16.7. The summed E-state index contributed by atoms with van der Waals surface area (Å²) in [7, 11) is 3.01. The number of para-hydroxylation sites is 2. The molecule has 0 saturated carbocycles.